The van der Waals surface area contributed by atoms with Crippen LogP contribution in [-0.4, -0.2) is 23.0 Å². The zero-order valence-electron chi connectivity index (χ0n) is 13.1. The summed E-state index contributed by atoms with van der Waals surface area (Å²) in [6, 6.07) is 3.09. The van der Waals surface area contributed by atoms with Gasteiger partial charge in [0.2, 0.25) is 5.91 Å². The third kappa shape index (κ3) is 3.30. The highest BCUT2D eigenvalue weighted by Gasteiger charge is 2.20. The van der Waals surface area contributed by atoms with Crippen LogP contribution < -0.4 is 5.32 Å². The molecule has 1 aromatic heterocycles. The fourth-order valence-corrected chi connectivity index (χ4v) is 2.49. The van der Waals surface area contributed by atoms with Gasteiger partial charge in [-0.1, -0.05) is 25.5 Å². The molecule has 1 heterocycles. The molecule has 118 valence electrons. The second-order valence-electron chi connectivity index (χ2n) is 5.57. The third-order valence-corrected chi connectivity index (χ3v) is 3.90. The van der Waals surface area contributed by atoms with E-state index in [9.17, 15) is 9.59 Å². The first-order chi connectivity index (χ1) is 10.4. The molecule has 0 radical (unpaired) electrons. The summed E-state index contributed by atoms with van der Waals surface area (Å²) in [5, 5.41) is 12.6. The lowest BCUT2D eigenvalue weighted by Crippen LogP contribution is -2.41. The van der Waals surface area contributed by atoms with E-state index in [0.29, 0.717) is 12.8 Å². The number of hydrogen-bond donors (Lipinski definition) is 2. The molecule has 0 aliphatic carbocycles. The van der Waals surface area contributed by atoms with Gasteiger partial charge < -0.3 is 14.8 Å². The minimum absolute atomic E-state index is 0.114. The Morgan fingerprint density at radius 2 is 2.05 bits per heavy atom. The smallest absolute Gasteiger partial charge is 0.326 e. The van der Waals surface area contributed by atoms with Crippen molar-refractivity contribution in [2.45, 2.75) is 46.1 Å². The van der Waals surface area contributed by atoms with Crippen molar-refractivity contribution in [3.63, 3.8) is 0 Å². The summed E-state index contributed by atoms with van der Waals surface area (Å²) < 4.78 is 5.57. The molecule has 1 aromatic carbocycles. The van der Waals surface area contributed by atoms with E-state index in [4.69, 9.17) is 9.52 Å². The molecule has 2 aromatic rings. The maximum atomic E-state index is 12.1. The molecule has 2 rings (SSSR count). The van der Waals surface area contributed by atoms with Gasteiger partial charge in [-0.05, 0) is 31.4 Å². The fraction of sp³-hybridized carbons (Fsp3) is 0.412. The molecule has 0 aliphatic heterocycles. The summed E-state index contributed by atoms with van der Waals surface area (Å²) in [5.74, 6) is -1.31. The second kappa shape index (κ2) is 6.64. The first-order valence-electron chi connectivity index (χ1n) is 7.42. The molecule has 0 fully saturated rings. The molecule has 0 aliphatic rings. The lowest BCUT2D eigenvalue weighted by molar-refractivity contribution is -0.141. The van der Waals surface area contributed by atoms with Gasteiger partial charge in [0, 0.05) is 10.9 Å². The van der Waals surface area contributed by atoms with Crippen molar-refractivity contribution in [2.75, 3.05) is 0 Å². The number of carbonyl (C=O) groups is 2. The van der Waals surface area contributed by atoms with Gasteiger partial charge in [-0.15, -0.1) is 0 Å². The fourth-order valence-electron chi connectivity index (χ4n) is 2.49. The number of nitrogens with one attached hydrogen (secondary N) is 1. The van der Waals surface area contributed by atoms with E-state index in [-0.39, 0.29) is 12.3 Å². The molecule has 0 bridgehead atoms. The van der Waals surface area contributed by atoms with E-state index in [1.165, 1.54) is 0 Å². The van der Waals surface area contributed by atoms with Crippen LogP contribution in [0.5, 0.6) is 0 Å². The Kier molecular flexibility index (Phi) is 4.85. The molecular weight excluding hydrogens is 282 g/mol. The van der Waals surface area contributed by atoms with Crippen LogP contribution in [0, 0.1) is 13.8 Å². The molecule has 1 amide bonds. The van der Waals surface area contributed by atoms with Crippen LogP contribution in [0.15, 0.2) is 22.8 Å². The maximum absolute atomic E-state index is 12.1. The molecule has 2 N–H and O–H groups in total. The predicted octanol–water partition coefficient (Wildman–Crippen LogP) is 2.96. The first-order valence-corrected chi connectivity index (χ1v) is 7.42. The number of amides is 1. The van der Waals surface area contributed by atoms with Gasteiger partial charge in [-0.25, -0.2) is 4.79 Å². The van der Waals surface area contributed by atoms with Crippen LogP contribution in [-0.2, 0) is 16.0 Å². The van der Waals surface area contributed by atoms with Crippen molar-refractivity contribution in [1.29, 1.82) is 0 Å². The molecule has 5 heteroatoms. The highest BCUT2D eigenvalue weighted by atomic mass is 16.4. The van der Waals surface area contributed by atoms with Crippen molar-refractivity contribution in [1.82, 2.24) is 5.32 Å². The van der Waals surface area contributed by atoms with E-state index in [2.05, 4.69) is 5.32 Å². The molecule has 1 unspecified atom stereocenters. The van der Waals surface area contributed by atoms with Gasteiger partial charge in [0.05, 0.1) is 12.7 Å². The van der Waals surface area contributed by atoms with E-state index >= 15 is 0 Å². The Morgan fingerprint density at radius 3 is 2.68 bits per heavy atom. The monoisotopic (exact) mass is 303 g/mol. The van der Waals surface area contributed by atoms with Crippen LogP contribution in [0.4, 0.5) is 0 Å². The number of carboxylic acid groups (broad SMARTS) is 1. The number of carbonyl (C=O) groups excluding carboxylic acids is 1. The van der Waals surface area contributed by atoms with Crippen molar-refractivity contribution in [2.24, 2.45) is 0 Å². The average molecular weight is 303 g/mol. The Hall–Kier alpha value is -2.30. The molecule has 22 heavy (non-hydrogen) atoms. The summed E-state index contributed by atoms with van der Waals surface area (Å²) in [6.45, 7) is 5.87. The van der Waals surface area contributed by atoms with Crippen LogP contribution in [0.3, 0.4) is 0 Å². The van der Waals surface area contributed by atoms with Gasteiger partial charge in [-0.3, -0.25) is 4.79 Å². The number of furan rings is 1. The number of benzene rings is 1. The molecule has 1 atom stereocenters. The molecule has 5 nitrogen and oxygen atoms in total. The largest absolute Gasteiger partial charge is 0.480 e. The van der Waals surface area contributed by atoms with Gasteiger partial charge in [0.1, 0.15) is 11.6 Å². The Bertz CT molecular complexity index is 702. The summed E-state index contributed by atoms with van der Waals surface area (Å²) in [4.78, 5) is 23.2. The highest BCUT2D eigenvalue weighted by Crippen LogP contribution is 2.26. The second-order valence-corrected chi connectivity index (χ2v) is 5.57. The predicted molar refractivity (Wildman–Crippen MR) is 83.9 cm³/mol. The minimum atomic E-state index is -1.00. The van der Waals surface area contributed by atoms with E-state index in [0.717, 1.165) is 27.7 Å². The highest BCUT2D eigenvalue weighted by molar-refractivity contribution is 5.91. The lowest BCUT2D eigenvalue weighted by atomic mass is 10.0. The van der Waals surface area contributed by atoms with Crippen LogP contribution in [0.2, 0.25) is 0 Å². The minimum Gasteiger partial charge on any atom is -0.480 e. The standard InChI is InChI=1S/C17H21NO4/c1-4-5-14(17(20)21)18-15(19)8-12-9-22-16-11(3)10(2)6-7-13(12)16/h6-7,9,14H,4-5,8H2,1-3H3,(H,18,19)(H,20,21). The van der Waals surface area contributed by atoms with Crippen LogP contribution in [0.1, 0.15) is 36.5 Å². The molecule has 0 saturated heterocycles. The van der Waals surface area contributed by atoms with E-state index in [1.807, 2.05) is 32.9 Å². The van der Waals surface area contributed by atoms with Crippen LogP contribution in [0.25, 0.3) is 11.0 Å². The lowest BCUT2D eigenvalue weighted by Gasteiger charge is -2.13. The van der Waals surface area contributed by atoms with Crippen molar-refractivity contribution in [3.8, 4) is 0 Å². The van der Waals surface area contributed by atoms with Crippen molar-refractivity contribution >= 4 is 22.8 Å². The van der Waals surface area contributed by atoms with Gasteiger partial charge in [0.15, 0.2) is 0 Å². The van der Waals surface area contributed by atoms with E-state index in [1.54, 1.807) is 6.26 Å². The van der Waals surface area contributed by atoms with Gasteiger partial charge in [0.25, 0.3) is 0 Å². The Balaban J connectivity index is 2.15. The number of rotatable bonds is 6. The van der Waals surface area contributed by atoms with Crippen LogP contribution >= 0.6 is 0 Å². The van der Waals surface area contributed by atoms with Gasteiger partial charge >= 0.3 is 5.97 Å². The zero-order valence-corrected chi connectivity index (χ0v) is 13.1. The summed E-state index contributed by atoms with van der Waals surface area (Å²) in [7, 11) is 0. The topological polar surface area (TPSA) is 79.5 Å². The number of fused-ring (bicyclic) bond motifs is 1. The van der Waals surface area contributed by atoms with Gasteiger partial charge in [-0.2, -0.15) is 0 Å². The summed E-state index contributed by atoms with van der Waals surface area (Å²) >= 11 is 0. The Labute approximate surface area is 129 Å². The van der Waals surface area contributed by atoms with E-state index < -0.39 is 12.0 Å². The molecule has 0 spiro atoms. The number of carboxylic acids is 1. The first kappa shape index (κ1) is 16.1. The number of hydrogen-bond acceptors (Lipinski definition) is 3. The number of aryl methyl sites for hydroxylation is 2. The summed E-state index contributed by atoms with van der Waals surface area (Å²) in [6.07, 6.45) is 2.81. The normalized spacial score (nSPS) is 12.3. The Morgan fingerprint density at radius 1 is 1.32 bits per heavy atom. The SMILES string of the molecule is CCCC(NC(=O)Cc1coc2c(C)c(C)ccc12)C(=O)O. The zero-order chi connectivity index (χ0) is 16.3. The number of aliphatic carboxylic acids is 1. The molecular formula is C17H21NO4. The quantitative estimate of drug-likeness (QED) is 0.860. The third-order valence-electron chi connectivity index (χ3n) is 3.90. The van der Waals surface area contributed by atoms with Crippen molar-refractivity contribution in [3.05, 3.63) is 35.1 Å². The maximum Gasteiger partial charge on any atom is 0.326 e. The molecule has 0 saturated carbocycles. The average Bonchev–Trinajstić information content (AvgIpc) is 2.86. The van der Waals surface area contributed by atoms with Crippen molar-refractivity contribution < 1.29 is 19.1 Å². The summed E-state index contributed by atoms with van der Waals surface area (Å²) in [5.41, 5.74) is 3.74.